The summed E-state index contributed by atoms with van der Waals surface area (Å²) >= 11 is 11.6. The van der Waals surface area contributed by atoms with Crippen LogP contribution in [-0.4, -0.2) is 24.8 Å². The second kappa shape index (κ2) is 5.56. The van der Waals surface area contributed by atoms with Gasteiger partial charge in [-0.3, -0.25) is 0 Å². The average molecular weight is 388 g/mol. The fourth-order valence-corrected chi connectivity index (χ4v) is 5.54. The van der Waals surface area contributed by atoms with Crippen molar-refractivity contribution in [3.05, 3.63) is 31.5 Å². The summed E-state index contributed by atoms with van der Waals surface area (Å²) in [6.07, 6.45) is 0. The lowest BCUT2D eigenvalue weighted by atomic mass is 10.5. The second-order valence-electron chi connectivity index (χ2n) is 3.43. The van der Waals surface area contributed by atoms with Crippen LogP contribution in [0.5, 0.6) is 0 Å². The van der Waals surface area contributed by atoms with Crippen LogP contribution in [-0.2, 0) is 16.6 Å². The molecule has 0 aliphatic carbocycles. The molecule has 0 amide bonds. The maximum absolute atomic E-state index is 12.3. The lowest BCUT2D eigenvalue weighted by Crippen LogP contribution is -2.25. The molecular weight excluding hydrogens is 380 g/mol. The molecule has 98 valence electrons. The van der Waals surface area contributed by atoms with Crippen LogP contribution in [0.25, 0.3) is 0 Å². The Hall–Kier alpha value is 0.01000. The summed E-state index contributed by atoms with van der Waals surface area (Å²) in [5, 5.41) is 2.23. The summed E-state index contributed by atoms with van der Waals surface area (Å²) in [5.41, 5.74) is 2.40. The molecular formula is C9H8BrClN2O2S3. The number of hydrogen-bond donors (Lipinski definition) is 0. The molecule has 0 saturated heterocycles. The van der Waals surface area contributed by atoms with Crippen molar-refractivity contribution in [1.82, 2.24) is 9.29 Å². The first-order valence-electron chi connectivity index (χ1n) is 4.69. The Morgan fingerprint density at radius 2 is 2.28 bits per heavy atom. The van der Waals surface area contributed by atoms with E-state index in [2.05, 4.69) is 20.9 Å². The number of thiophene rings is 1. The topological polar surface area (TPSA) is 50.3 Å². The van der Waals surface area contributed by atoms with Crippen LogP contribution in [0.4, 0.5) is 0 Å². The van der Waals surface area contributed by atoms with E-state index in [0.29, 0.717) is 8.81 Å². The quantitative estimate of drug-likeness (QED) is 0.807. The largest absolute Gasteiger partial charge is 0.252 e. The molecule has 0 bridgehead atoms. The molecule has 2 aromatic heterocycles. The van der Waals surface area contributed by atoms with Gasteiger partial charge in [-0.05, 0) is 22.0 Å². The summed E-state index contributed by atoms with van der Waals surface area (Å²) in [5.74, 6) is 0. The van der Waals surface area contributed by atoms with Crippen molar-refractivity contribution in [3.8, 4) is 0 Å². The molecule has 0 aromatic carbocycles. The maximum atomic E-state index is 12.3. The van der Waals surface area contributed by atoms with Gasteiger partial charge in [0.05, 0.1) is 26.6 Å². The van der Waals surface area contributed by atoms with E-state index in [4.69, 9.17) is 11.6 Å². The number of rotatable bonds is 4. The van der Waals surface area contributed by atoms with E-state index < -0.39 is 10.0 Å². The summed E-state index contributed by atoms with van der Waals surface area (Å²) in [6.45, 7) is 0.249. The molecule has 9 heteroatoms. The van der Waals surface area contributed by atoms with Gasteiger partial charge >= 0.3 is 0 Å². The van der Waals surface area contributed by atoms with E-state index in [-0.39, 0.29) is 10.8 Å². The van der Waals surface area contributed by atoms with Crippen molar-refractivity contribution in [2.45, 2.75) is 10.8 Å². The predicted octanol–water partition coefficient (Wildman–Crippen LogP) is 3.44. The monoisotopic (exact) mass is 386 g/mol. The fourth-order valence-electron chi connectivity index (χ4n) is 1.24. The third-order valence-electron chi connectivity index (χ3n) is 2.16. The highest BCUT2D eigenvalue weighted by molar-refractivity contribution is 9.11. The molecule has 0 atom stereocenters. The van der Waals surface area contributed by atoms with Crippen molar-refractivity contribution in [2.75, 3.05) is 7.05 Å². The molecule has 2 rings (SSSR count). The number of halogens is 2. The van der Waals surface area contributed by atoms with Gasteiger partial charge in [0.25, 0.3) is 10.0 Å². The second-order valence-corrected chi connectivity index (χ2v) is 9.20. The Balaban J connectivity index is 2.25. The van der Waals surface area contributed by atoms with Crippen LogP contribution in [0.2, 0.25) is 5.02 Å². The molecule has 0 N–H and O–H groups in total. The van der Waals surface area contributed by atoms with Gasteiger partial charge in [0.15, 0.2) is 0 Å². The minimum Gasteiger partial charge on any atom is -0.248 e. The summed E-state index contributed by atoms with van der Waals surface area (Å²) in [4.78, 5) is 4.07. The Bertz CT molecular complexity index is 619. The SMILES string of the molecule is CN(Cc1cscn1)S(=O)(=O)c1cc(Cl)c(Br)s1. The van der Waals surface area contributed by atoms with Crippen LogP contribution in [0.1, 0.15) is 5.69 Å². The van der Waals surface area contributed by atoms with E-state index in [0.717, 1.165) is 17.0 Å². The third kappa shape index (κ3) is 2.94. The molecule has 0 aliphatic rings. The molecule has 0 unspecified atom stereocenters. The van der Waals surface area contributed by atoms with Gasteiger partial charge < -0.3 is 0 Å². The highest BCUT2D eigenvalue weighted by Crippen LogP contribution is 2.35. The number of hydrogen-bond acceptors (Lipinski definition) is 5. The molecule has 2 aromatic rings. The van der Waals surface area contributed by atoms with Gasteiger partial charge in [0, 0.05) is 12.4 Å². The Kier molecular flexibility index (Phi) is 4.45. The average Bonchev–Trinajstić information content (AvgIpc) is 2.90. The fraction of sp³-hybridized carbons (Fsp3) is 0.222. The zero-order valence-electron chi connectivity index (χ0n) is 9.13. The minimum atomic E-state index is -3.51. The number of sulfonamides is 1. The number of aromatic nitrogens is 1. The molecule has 0 fully saturated rings. The lowest BCUT2D eigenvalue weighted by Gasteiger charge is -2.14. The first kappa shape index (κ1) is 14.4. The van der Waals surface area contributed by atoms with Crippen molar-refractivity contribution in [3.63, 3.8) is 0 Å². The maximum Gasteiger partial charge on any atom is 0.252 e. The Morgan fingerprint density at radius 3 is 2.78 bits per heavy atom. The zero-order chi connectivity index (χ0) is 13.3. The van der Waals surface area contributed by atoms with Crippen molar-refractivity contribution in [1.29, 1.82) is 0 Å². The van der Waals surface area contributed by atoms with Gasteiger partial charge in [-0.1, -0.05) is 11.6 Å². The van der Waals surface area contributed by atoms with E-state index in [1.165, 1.54) is 28.8 Å². The lowest BCUT2D eigenvalue weighted by molar-refractivity contribution is 0.464. The highest BCUT2D eigenvalue weighted by atomic mass is 79.9. The predicted molar refractivity (Wildman–Crippen MR) is 77.8 cm³/mol. The molecule has 2 heterocycles. The van der Waals surface area contributed by atoms with Crippen LogP contribution >= 0.6 is 50.2 Å². The van der Waals surface area contributed by atoms with E-state index in [9.17, 15) is 8.42 Å². The Morgan fingerprint density at radius 1 is 1.56 bits per heavy atom. The normalized spacial score (nSPS) is 12.2. The van der Waals surface area contributed by atoms with Crippen molar-refractivity contribution < 1.29 is 8.42 Å². The Labute approximate surface area is 126 Å². The van der Waals surface area contributed by atoms with Gasteiger partial charge in [-0.25, -0.2) is 13.4 Å². The standard InChI is InChI=1S/C9H8BrClN2O2S3/c1-13(3-6-4-16-5-12-6)18(14,15)8-2-7(11)9(10)17-8/h2,4-5H,3H2,1H3. The van der Waals surface area contributed by atoms with Crippen LogP contribution in [0.3, 0.4) is 0 Å². The molecule has 0 aliphatic heterocycles. The van der Waals surface area contributed by atoms with Crippen LogP contribution in [0.15, 0.2) is 25.0 Å². The van der Waals surface area contributed by atoms with Gasteiger partial charge in [-0.2, -0.15) is 4.31 Å². The smallest absolute Gasteiger partial charge is 0.248 e. The van der Waals surface area contributed by atoms with Crippen molar-refractivity contribution in [2.24, 2.45) is 0 Å². The first-order chi connectivity index (χ1) is 8.41. The summed E-state index contributed by atoms with van der Waals surface area (Å²) in [7, 11) is -1.99. The van der Waals surface area contributed by atoms with Gasteiger partial charge in [0.2, 0.25) is 0 Å². The molecule has 18 heavy (non-hydrogen) atoms. The van der Waals surface area contributed by atoms with E-state index in [1.807, 2.05) is 5.38 Å². The zero-order valence-corrected chi connectivity index (χ0v) is 13.9. The minimum absolute atomic E-state index is 0.220. The highest BCUT2D eigenvalue weighted by Gasteiger charge is 2.24. The molecule has 0 spiro atoms. The molecule has 0 radical (unpaired) electrons. The number of thiazole rings is 1. The van der Waals surface area contributed by atoms with E-state index in [1.54, 1.807) is 5.51 Å². The molecule has 4 nitrogen and oxygen atoms in total. The summed E-state index contributed by atoms with van der Waals surface area (Å²) < 4.78 is 26.6. The van der Waals surface area contributed by atoms with E-state index >= 15 is 0 Å². The third-order valence-corrected chi connectivity index (χ3v) is 7.52. The van der Waals surface area contributed by atoms with Gasteiger partial charge in [-0.15, -0.1) is 22.7 Å². The van der Waals surface area contributed by atoms with Crippen molar-refractivity contribution >= 4 is 60.2 Å². The van der Waals surface area contributed by atoms with Gasteiger partial charge in [0.1, 0.15) is 4.21 Å². The first-order valence-corrected chi connectivity index (χ1v) is 9.06. The molecule has 0 saturated carbocycles. The summed E-state index contributed by atoms with van der Waals surface area (Å²) in [6, 6.07) is 1.45. The number of nitrogens with zero attached hydrogens (tertiary/aromatic N) is 2. The van der Waals surface area contributed by atoms with Crippen LogP contribution < -0.4 is 0 Å². The van der Waals surface area contributed by atoms with Crippen LogP contribution in [0, 0.1) is 0 Å².